The first-order valence-electron chi connectivity index (χ1n) is 6.92. The predicted molar refractivity (Wildman–Crippen MR) is 70.7 cm³/mol. The zero-order valence-electron chi connectivity index (χ0n) is 11.0. The third kappa shape index (κ3) is 3.09. The smallest absolute Gasteiger partial charge is 0.108 e. The Labute approximate surface area is 104 Å². The number of aromatic nitrogens is 2. The van der Waals surface area contributed by atoms with E-state index in [1.165, 1.54) is 50.8 Å². The first-order chi connectivity index (χ1) is 8.26. The van der Waals surface area contributed by atoms with Gasteiger partial charge in [-0.25, -0.2) is 4.98 Å². The van der Waals surface area contributed by atoms with E-state index in [0.29, 0.717) is 5.41 Å². The molecule has 0 aromatic carbocycles. The van der Waals surface area contributed by atoms with E-state index in [4.69, 9.17) is 5.73 Å². The van der Waals surface area contributed by atoms with Crippen LogP contribution in [-0.2, 0) is 13.5 Å². The molecule has 3 nitrogen and oxygen atoms in total. The average molecular weight is 235 g/mol. The van der Waals surface area contributed by atoms with E-state index in [0.717, 1.165) is 13.0 Å². The molecule has 1 heterocycles. The van der Waals surface area contributed by atoms with E-state index in [1.54, 1.807) is 0 Å². The molecule has 2 N–H and O–H groups in total. The van der Waals surface area contributed by atoms with Crippen molar-refractivity contribution in [1.82, 2.24) is 9.55 Å². The predicted octanol–water partition coefficient (Wildman–Crippen LogP) is 2.65. The van der Waals surface area contributed by atoms with Gasteiger partial charge in [-0.15, -0.1) is 0 Å². The SMILES string of the molecule is Cn1ccnc1CCC1(CN)CCCCCC1. The summed E-state index contributed by atoms with van der Waals surface area (Å²) in [6.45, 7) is 0.845. The highest BCUT2D eigenvalue weighted by atomic mass is 15.0. The molecule has 0 saturated heterocycles. The summed E-state index contributed by atoms with van der Waals surface area (Å²) in [6, 6.07) is 0. The van der Waals surface area contributed by atoms with Crippen LogP contribution in [0.4, 0.5) is 0 Å². The average Bonchev–Trinajstić information content (AvgIpc) is 2.63. The van der Waals surface area contributed by atoms with E-state index >= 15 is 0 Å². The molecule has 2 rings (SSSR count). The van der Waals surface area contributed by atoms with Crippen molar-refractivity contribution < 1.29 is 0 Å². The van der Waals surface area contributed by atoms with Crippen LogP contribution in [0.15, 0.2) is 12.4 Å². The molecule has 1 fully saturated rings. The maximum atomic E-state index is 6.06. The summed E-state index contributed by atoms with van der Waals surface area (Å²) in [5.41, 5.74) is 6.45. The molecule has 0 radical (unpaired) electrons. The van der Waals surface area contributed by atoms with Gasteiger partial charge in [0.15, 0.2) is 0 Å². The largest absolute Gasteiger partial charge is 0.338 e. The Bertz CT molecular complexity index is 335. The summed E-state index contributed by atoms with van der Waals surface area (Å²) in [5.74, 6) is 1.20. The summed E-state index contributed by atoms with van der Waals surface area (Å²) in [5, 5.41) is 0. The maximum Gasteiger partial charge on any atom is 0.108 e. The van der Waals surface area contributed by atoms with Gasteiger partial charge in [0.25, 0.3) is 0 Å². The zero-order chi connectivity index (χ0) is 12.1. The van der Waals surface area contributed by atoms with Crippen LogP contribution in [0.3, 0.4) is 0 Å². The van der Waals surface area contributed by atoms with Gasteiger partial charge in [0, 0.05) is 25.9 Å². The second-order valence-corrected chi connectivity index (χ2v) is 5.57. The Hall–Kier alpha value is -0.830. The molecule has 0 aliphatic heterocycles. The molecule has 1 aromatic rings. The van der Waals surface area contributed by atoms with Gasteiger partial charge in [-0.1, -0.05) is 25.7 Å². The highest BCUT2D eigenvalue weighted by Crippen LogP contribution is 2.37. The van der Waals surface area contributed by atoms with Crippen LogP contribution < -0.4 is 5.73 Å². The van der Waals surface area contributed by atoms with Gasteiger partial charge < -0.3 is 10.3 Å². The fourth-order valence-electron chi connectivity index (χ4n) is 3.05. The molecule has 1 aliphatic carbocycles. The Kier molecular flexibility index (Phi) is 4.21. The van der Waals surface area contributed by atoms with Crippen molar-refractivity contribution in [3.05, 3.63) is 18.2 Å². The van der Waals surface area contributed by atoms with Crippen molar-refractivity contribution in [2.45, 2.75) is 51.4 Å². The van der Waals surface area contributed by atoms with Gasteiger partial charge in [-0.3, -0.25) is 0 Å². The van der Waals surface area contributed by atoms with Gasteiger partial charge in [0.2, 0.25) is 0 Å². The van der Waals surface area contributed by atoms with Crippen LogP contribution in [0, 0.1) is 5.41 Å². The lowest BCUT2D eigenvalue weighted by molar-refractivity contribution is 0.231. The molecule has 0 unspecified atom stereocenters. The van der Waals surface area contributed by atoms with Crippen molar-refractivity contribution in [1.29, 1.82) is 0 Å². The molecule has 0 bridgehead atoms. The lowest BCUT2D eigenvalue weighted by atomic mass is 9.76. The first-order valence-corrected chi connectivity index (χ1v) is 6.92. The molecule has 3 heteroatoms. The third-order valence-electron chi connectivity index (χ3n) is 4.40. The number of hydrogen-bond donors (Lipinski definition) is 1. The normalized spacial score (nSPS) is 20.1. The number of imidazole rings is 1. The first kappa shape index (κ1) is 12.6. The molecule has 0 atom stereocenters. The van der Waals surface area contributed by atoms with E-state index in [9.17, 15) is 0 Å². The quantitative estimate of drug-likeness (QED) is 0.815. The number of nitrogens with zero attached hydrogens (tertiary/aromatic N) is 2. The monoisotopic (exact) mass is 235 g/mol. The van der Waals surface area contributed by atoms with Crippen LogP contribution in [0.2, 0.25) is 0 Å². The minimum absolute atomic E-state index is 0.391. The molecular weight excluding hydrogens is 210 g/mol. The molecule has 1 aliphatic rings. The van der Waals surface area contributed by atoms with E-state index in [2.05, 4.69) is 16.6 Å². The van der Waals surface area contributed by atoms with Crippen LogP contribution in [-0.4, -0.2) is 16.1 Å². The molecule has 0 amide bonds. The minimum Gasteiger partial charge on any atom is -0.338 e. The van der Waals surface area contributed by atoms with Crippen molar-refractivity contribution in [2.24, 2.45) is 18.2 Å². The van der Waals surface area contributed by atoms with Crippen LogP contribution in [0.5, 0.6) is 0 Å². The highest BCUT2D eigenvalue weighted by molar-refractivity contribution is 4.94. The summed E-state index contributed by atoms with van der Waals surface area (Å²) in [7, 11) is 2.07. The topological polar surface area (TPSA) is 43.8 Å². The van der Waals surface area contributed by atoms with Crippen molar-refractivity contribution in [3.8, 4) is 0 Å². The molecule has 1 saturated carbocycles. The van der Waals surface area contributed by atoms with E-state index in [-0.39, 0.29) is 0 Å². The molecule has 17 heavy (non-hydrogen) atoms. The summed E-state index contributed by atoms with van der Waals surface area (Å²) in [6.07, 6.45) is 14.3. The number of hydrogen-bond acceptors (Lipinski definition) is 2. The zero-order valence-corrected chi connectivity index (χ0v) is 11.0. The van der Waals surface area contributed by atoms with Crippen molar-refractivity contribution in [2.75, 3.05) is 6.54 Å². The second kappa shape index (κ2) is 5.67. The molecule has 96 valence electrons. The Balaban J connectivity index is 1.96. The maximum absolute atomic E-state index is 6.06. The van der Waals surface area contributed by atoms with E-state index < -0.39 is 0 Å². The number of aryl methyl sites for hydroxylation is 2. The van der Waals surface area contributed by atoms with Crippen molar-refractivity contribution >= 4 is 0 Å². The fourth-order valence-corrected chi connectivity index (χ4v) is 3.05. The van der Waals surface area contributed by atoms with Gasteiger partial charge >= 0.3 is 0 Å². The summed E-state index contributed by atoms with van der Waals surface area (Å²) < 4.78 is 2.13. The van der Waals surface area contributed by atoms with Gasteiger partial charge in [0.1, 0.15) is 5.82 Å². The summed E-state index contributed by atoms with van der Waals surface area (Å²) in [4.78, 5) is 4.41. The minimum atomic E-state index is 0.391. The fraction of sp³-hybridized carbons (Fsp3) is 0.786. The van der Waals surface area contributed by atoms with Crippen LogP contribution in [0.1, 0.15) is 50.8 Å². The van der Waals surface area contributed by atoms with Gasteiger partial charge in [-0.05, 0) is 31.2 Å². The lowest BCUT2D eigenvalue weighted by Crippen LogP contribution is -2.31. The Morgan fingerprint density at radius 3 is 2.53 bits per heavy atom. The van der Waals surface area contributed by atoms with E-state index in [1.807, 2.05) is 12.4 Å². The van der Waals surface area contributed by atoms with Crippen LogP contribution >= 0.6 is 0 Å². The number of rotatable bonds is 4. The Morgan fingerprint density at radius 1 is 1.29 bits per heavy atom. The van der Waals surface area contributed by atoms with Crippen molar-refractivity contribution in [3.63, 3.8) is 0 Å². The molecular formula is C14H25N3. The van der Waals surface area contributed by atoms with Gasteiger partial charge in [-0.2, -0.15) is 0 Å². The second-order valence-electron chi connectivity index (χ2n) is 5.57. The third-order valence-corrected chi connectivity index (χ3v) is 4.40. The van der Waals surface area contributed by atoms with Crippen LogP contribution in [0.25, 0.3) is 0 Å². The molecule has 0 spiro atoms. The summed E-state index contributed by atoms with van der Waals surface area (Å²) >= 11 is 0. The lowest BCUT2D eigenvalue weighted by Gasteiger charge is -2.31. The highest BCUT2D eigenvalue weighted by Gasteiger charge is 2.29. The Morgan fingerprint density at radius 2 is 2.00 bits per heavy atom. The standard InChI is InChI=1S/C14H25N3/c1-17-11-10-16-13(17)6-9-14(12-15)7-4-2-3-5-8-14/h10-11H,2-9,12,15H2,1H3. The van der Waals surface area contributed by atoms with Gasteiger partial charge in [0.05, 0.1) is 0 Å². The number of nitrogens with two attached hydrogens (primary N) is 1. The molecule has 1 aromatic heterocycles.